The van der Waals surface area contributed by atoms with Gasteiger partial charge in [0.1, 0.15) is 18.2 Å². The van der Waals surface area contributed by atoms with Crippen LogP contribution in [0.25, 0.3) is 6.08 Å². The highest BCUT2D eigenvalue weighted by molar-refractivity contribution is 9.10. The minimum Gasteiger partial charge on any atom is -0.490 e. The van der Waals surface area contributed by atoms with E-state index in [1.165, 1.54) is 6.08 Å². The molecule has 0 aliphatic rings. The largest absolute Gasteiger partial charge is 0.490 e. The van der Waals surface area contributed by atoms with Crippen molar-refractivity contribution in [1.29, 1.82) is 5.26 Å². The van der Waals surface area contributed by atoms with Crippen LogP contribution in [-0.4, -0.2) is 12.5 Å². The van der Waals surface area contributed by atoms with E-state index < -0.39 is 5.91 Å². The molecule has 1 amide bonds. The number of hydrogen-bond donors (Lipinski definition) is 1. The highest BCUT2D eigenvalue weighted by atomic mass is 79.9. The number of amides is 1. The van der Waals surface area contributed by atoms with Crippen LogP contribution in [-0.2, 0) is 11.4 Å². The van der Waals surface area contributed by atoms with E-state index in [-0.39, 0.29) is 10.6 Å². The molecule has 0 aliphatic carbocycles. The zero-order valence-corrected chi connectivity index (χ0v) is 21.6. The number of aryl methyl sites for hydroxylation is 1. The fraction of sp³-hybridized carbons (Fsp3) is 0.154. The number of halogens is 3. The van der Waals surface area contributed by atoms with Gasteiger partial charge in [-0.3, -0.25) is 4.79 Å². The van der Waals surface area contributed by atoms with E-state index in [4.69, 9.17) is 32.7 Å². The van der Waals surface area contributed by atoms with E-state index in [9.17, 15) is 10.1 Å². The van der Waals surface area contributed by atoms with Gasteiger partial charge < -0.3 is 14.8 Å². The number of benzene rings is 3. The van der Waals surface area contributed by atoms with Crippen LogP contribution in [0.2, 0.25) is 10.0 Å². The first-order valence-corrected chi connectivity index (χ1v) is 11.9. The highest BCUT2D eigenvalue weighted by Gasteiger charge is 2.16. The van der Waals surface area contributed by atoms with Crippen molar-refractivity contribution >= 4 is 56.8 Å². The monoisotopic (exact) mass is 558 g/mol. The smallest absolute Gasteiger partial charge is 0.266 e. The zero-order valence-electron chi connectivity index (χ0n) is 18.5. The van der Waals surface area contributed by atoms with Crippen molar-refractivity contribution in [1.82, 2.24) is 0 Å². The normalized spacial score (nSPS) is 11.0. The van der Waals surface area contributed by atoms with Crippen LogP contribution in [0.3, 0.4) is 0 Å². The third kappa shape index (κ3) is 6.54. The lowest BCUT2D eigenvalue weighted by Crippen LogP contribution is -2.13. The molecule has 34 heavy (non-hydrogen) atoms. The van der Waals surface area contributed by atoms with Gasteiger partial charge in [-0.25, -0.2) is 0 Å². The number of nitriles is 1. The van der Waals surface area contributed by atoms with E-state index in [1.807, 2.05) is 38.1 Å². The molecule has 0 fully saturated rings. The molecule has 0 spiro atoms. The molecule has 3 aromatic carbocycles. The molecule has 0 bridgehead atoms. The van der Waals surface area contributed by atoms with Gasteiger partial charge in [-0.15, -0.1) is 0 Å². The molecule has 0 aliphatic heterocycles. The van der Waals surface area contributed by atoms with Gasteiger partial charge in [0.15, 0.2) is 11.5 Å². The number of carbonyl (C=O) groups is 1. The summed E-state index contributed by atoms with van der Waals surface area (Å²) in [6.07, 6.45) is 1.46. The number of rotatable bonds is 8. The standard InChI is InChI=1S/C26H21BrCl2N2O3/c1-3-33-23-12-18(20(27)13-24(23)34-15-17-7-4-6-16(2)10-17)11-19(14-30)26(32)31-22-9-5-8-21(28)25(22)29/h4-13H,3,15H2,1-2H3,(H,31,32)/b19-11-. The Kier molecular flexibility index (Phi) is 9.00. The van der Waals surface area contributed by atoms with Crippen LogP contribution in [0.5, 0.6) is 11.5 Å². The Balaban J connectivity index is 1.87. The summed E-state index contributed by atoms with van der Waals surface area (Å²) in [4.78, 5) is 12.7. The van der Waals surface area contributed by atoms with Crippen molar-refractivity contribution in [2.24, 2.45) is 0 Å². The van der Waals surface area contributed by atoms with Gasteiger partial charge >= 0.3 is 0 Å². The Hall–Kier alpha value is -2.98. The summed E-state index contributed by atoms with van der Waals surface area (Å²) < 4.78 is 12.4. The maximum absolute atomic E-state index is 12.7. The third-order valence-electron chi connectivity index (χ3n) is 4.70. The van der Waals surface area contributed by atoms with Crippen molar-refractivity contribution in [3.05, 3.63) is 91.4 Å². The highest BCUT2D eigenvalue weighted by Crippen LogP contribution is 2.36. The van der Waals surface area contributed by atoms with Crippen molar-refractivity contribution in [3.8, 4) is 17.6 Å². The van der Waals surface area contributed by atoms with Crippen LogP contribution in [0.1, 0.15) is 23.6 Å². The lowest BCUT2D eigenvalue weighted by molar-refractivity contribution is -0.112. The van der Waals surface area contributed by atoms with Gasteiger partial charge in [-0.2, -0.15) is 5.26 Å². The molecule has 0 saturated carbocycles. The van der Waals surface area contributed by atoms with Crippen molar-refractivity contribution in [2.45, 2.75) is 20.5 Å². The molecule has 0 atom stereocenters. The summed E-state index contributed by atoms with van der Waals surface area (Å²) in [7, 11) is 0. The predicted molar refractivity (Wildman–Crippen MR) is 140 cm³/mol. The molecular formula is C26H21BrCl2N2O3. The van der Waals surface area contributed by atoms with Crippen molar-refractivity contribution in [2.75, 3.05) is 11.9 Å². The van der Waals surface area contributed by atoms with E-state index in [2.05, 4.69) is 27.3 Å². The number of hydrogen-bond acceptors (Lipinski definition) is 4. The lowest BCUT2D eigenvalue weighted by atomic mass is 10.1. The summed E-state index contributed by atoms with van der Waals surface area (Å²) in [6.45, 7) is 4.68. The summed E-state index contributed by atoms with van der Waals surface area (Å²) in [5, 5.41) is 12.7. The number of ether oxygens (including phenoxy) is 2. The van der Waals surface area contributed by atoms with Crippen molar-refractivity contribution < 1.29 is 14.3 Å². The van der Waals surface area contributed by atoms with E-state index in [0.717, 1.165) is 11.1 Å². The van der Waals surface area contributed by atoms with E-state index >= 15 is 0 Å². The predicted octanol–water partition coefficient (Wildman–Crippen LogP) is 7.59. The van der Waals surface area contributed by atoms with Gasteiger partial charge in [0.05, 0.1) is 22.3 Å². The first kappa shape index (κ1) is 25.6. The molecule has 0 saturated heterocycles. The Morgan fingerprint density at radius 2 is 1.85 bits per heavy atom. The molecule has 5 nitrogen and oxygen atoms in total. The third-order valence-corrected chi connectivity index (χ3v) is 6.21. The van der Waals surface area contributed by atoms with Gasteiger partial charge in [-0.05, 0) is 55.3 Å². The fourth-order valence-corrected chi connectivity index (χ4v) is 3.88. The van der Waals surface area contributed by atoms with Crippen molar-refractivity contribution in [3.63, 3.8) is 0 Å². The number of nitrogens with one attached hydrogen (secondary N) is 1. The van der Waals surface area contributed by atoms with E-state index in [0.29, 0.717) is 45.5 Å². The molecule has 0 unspecified atom stereocenters. The molecule has 0 aromatic heterocycles. The Bertz CT molecular complexity index is 1290. The van der Waals surface area contributed by atoms with Gasteiger partial charge in [-0.1, -0.05) is 75.0 Å². The molecular weight excluding hydrogens is 539 g/mol. The number of anilines is 1. The van der Waals surface area contributed by atoms with Gasteiger partial charge in [0.25, 0.3) is 5.91 Å². The maximum Gasteiger partial charge on any atom is 0.266 e. The summed E-state index contributed by atoms with van der Waals surface area (Å²) in [5.41, 5.74) is 2.96. The lowest BCUT2D eigenvalue weighted by Gasteiger charge is -2.14. The Morgan fingerprint density at radius 3 is 2.56 bits per heavy atom. The number of carbonyl (C=O) groups excluding carboxylic acids is 1. The second kappa shape index (κ2) is 11.9. The minimum absolute atomic E-state index is 0.118. The topological polar surface area (TPSA) is 71.3 Å². The molecule has 8 heteroatoms. The summed E-state index contributed by atoms with van der Waals surface area (Å²) in [6, 6.07) is 18.3. The average molecular weight is 560 g/mol. The second-order valence-electron chi connectivity index (χ2n) is 7.26. The molecule has 3 aromatic rings. The second-order valence-corrected chi connectivity index (χ2v) is 8.90. The van der Waals surface area contributed by atoms with Gasteiger partial charge in [0, 0.05) is 4.47 Å². The van der Waals surface area contributed by atoms with E-state index in [1.54, 1.807) is 30.3 Å². The quantitative estimate of drug-likeness (QED) is 0.228. The number of nitrogens with zero attached hydrogens (tertiary/aromatic N) is 1. The first-order chi connectivity index (χ1) is 16.3. The van der Waals surface area contributed by atoms with Crippen LogP contribution in [0.4, 0.5) is 5.69 Å². The Morgan fingerprint density at radius 1 is 1.12 bits per heavy atom. The molecule has 0 radical (unpaired) electrons. The Labute approximate surface area is 217 Å². The van der Waals surface area contributed by atoms with Crippen LogP contribution in [0.15, 0.2) is 64.6 Å². The SMILES string of the molecule is CCOc1cc(/C=C(/C#N)C(=O)Nc2cccc(Cl)c2Cl)c(Br)cc1OCc1cccc(C)c1. The van der Waals surface area contributed by atoms with Gasteiger partial charge in [0.2, 0.25) is 0 Å². The minimum atomic E-state index is -0.615. The zero-order chi connectivity index (χ0) is 24.7. The van der Waals surface area contributed by atoms with Crippen LogP contribution >= 0.6 is 39.1 Å². The molecule has 1 N–H and O–H groups in total. The average Bonchev–Trinajstić information content (AvgIpc) is 2.81. The summed E-state index contributed by atoms with van der Waals surface area (Å²) in [5.74, 6) is 0.428. The molecule has 3 rings (SSSR count). The first-order valence-electron chi connectivity index (χ1n) is 10.3. The maximum atomic E-state index is 12.7. The fourth-order valence-electron chi connectivity index (χ4n) is 3.10. The van der Waals surface area contributed by atoms with Crippen LogP contribution < -0.4 is 14.8 Å². The summed E-state index contributed by atoms with van der Waals surface area (Å²) >= 11 is 15.6. The van der Waals surface area contributed by atoms with Crippen LogP contribution in [0, 0.1) is 18.3 Å². The molecule has 174 valence electrons. The molecule has 0 heterocycles.